The predicted molar refractivity (Wildman–Crippen MR) is 97.1 cm³/mol. The lowest BCUT2D eigenvalue weighted by Crippen LogP contribution is -2.51. The van der Waals surface area contributed by atoms with Crippen molar-refractivity contribution in [2.75, 3.05) is 18.2 Å². The van der Waals surface area contributed by atoms with E-state index in [1.165, 1.54) is 0 Å². The SMILES string of the molecule is NCC1CCCC1NC(=O)C1CSCN1C(=O)c1ccc(Cl)cc1. The van der Waals surface area contributed by atoms with E-state index in [9.17, 15) is 9.59 Å². The van der Waals surface area contributed by atoms with Gasteiger partial charge in [0.15, 0.2) is 0 Å². The molecular weight excluding hydrogens is 346 g/mol. The predicted octanol–water partition coefficient (Wildman–Crippen LogP) is 2.10. The number of amides is 2. The summed E-state index contributed by atoms with van der Waals surface area (Å²) in [6, 6.07) is 6.50. The van der Waals surface area contributed by atoms with Crippen LogP contribution in [0.2, 0.25) is 5.02 Å². The molecule has 3 unspecified atom stereocenters. The van der Waals surface area contributed by atoms with Crippen LogP contribution in [0, 0.1) is 5.92 Å². The molecule has 1 heterocycles. The number of halogens is 1. The number of nitrogens with zero attached hydrogens (tertiary/aromatic N) is 1. The average Bonchev–Trinajstić information content (AvgIpc) is 3.23. The summed E-state index contributed by atoms with van der Waals surface area (Å²) < 4.78 is 0. The molecule has 5 nitrogen and oxygen atoms in total. The van der Waals surface area contributed by atoms with Crippen molar-refractivity contribution in [3.63, 3.8) is 0 Å². The van der Waals surface area contributed by atoms with Gasteiger partial charge in [-0.1, -0.05) is 18.0 Å². The average molecular weight is 368 g/mol. The highest BCUT2D eigenvalue weighted by atomic mass is 35.5. The zero-order valence-electron chi connectivity index (χ0n) is 13.4. The van der Waals surface area contributed by atoms with Crippen molar-refractivity contribution in [2.24, 2.45) is 11.7 Å². The number of thioether (sulfide) groups is 1. The molecule has 1 aliphatic carbocycles. The fourth-order valence-corrected chi connectivity index (χ4v) is 4.69. The van der Waals surface area contributed by atoms with Crippen molar-refractivity contribution < 1.29 is 9.59 Å². The normalized spacial score (nSPS) is 26.6. The fourth-order valence-electron chi connectivity index (χ4n) is 3.41. The Balaban J connectivity index is 1.67. The molecule has 0 radical (unpaired) electrons. The van der Waals surface area contributed by atoms with E-state index < -0.39 is 6.04 Å². The topological polar surface area (TPSA) is 75.4 Å². The first kappa shape index (κ1) is 17.6. The minimum Gasteiger partial charge on any atom is -0.351 e. The van der Waals surface area contributed by atoms with Gasteiger partial charge in [0.25, 0.3) is 5.91 Å². The first-order valence-electron chi connectivity index (χ1n) is 8.25. The lowest BCUT2D eigenvalue weighted by atomic mass is 10.0. The number of carbonyl (C=O) groups is 2. The quantitative estimate of drug-likeness (QED) is 0.854. The molecule has 1 aromatic carbocycles. The zero-order chi connectivity index (χ0) is 17.1. The minimum absolute atomic E-state index is 0.0623. The molecule has 1 aliphatic heterocycles. The summed E-state index contributed by atoms with van der Waals surface area (Å²) in [5.41, 5.74) is 6.34. The Bertz CT molecular complexity index is 610. The van der Waals surface area contributed by atoms with E-state index in [0.29, 0.717) is 34.7 Å². The van der Waals surface area contributed by atoms with Crippen molar-refractivity contribution in [1.29, 1.82) is 0 Å². The second kappa shape index (κ2) is 7.76. The van der Waals surface area contributed by atoms with E-state index in [0.717, 1.165) is 19.3 Å². The second-order valence-electron chi connectivity index (χ2n) is 6.34. The van der Waals surface area contributed by atoms with Crippen molar-refractivity contribution >= 4 is 35.2 Å². The highest BCUT2D eigenvalue weighted by molar-refractivity contribution is 7.99. The number of rotatable bonds is 4. The highest BCUT2D eigenvalue weighted by Crippen LogP contribution is 2.27. The van der Waals surface area contributed by atoms with E-state index in [-0.39, 0.29) is 17.9 Å². The number of hydrogen-bond donors (Lipinski definition) is 2. The molecule has 1 aromatic rings. The van der Waals surface area contributed by atoms with Crippen LogP contribution in [-0.4, -0.2) is 47.0 Å². The van der Waals surface area contributed by atoms with E-state index in [1.54, 1.807) is 40.9 Å². The molecule has 1 saturated heterocycles. The minimum atomic E-state index is -0.419. The summed E-state index contributed by atoms with van der Waals surface area (Å²) in [6.45, 7) is 0.595. The molecule has 24 heavy (non-hydrogen) atoms. The van der Waals surface area contributed by atoms with E-state index in [2.05, 4.69) is 5.32 Å². The summed E-state index contributed by atoms with van der Waals surface area (Å²) in [5, 5.41) is 3.71. The van der Waals surface area contributed by atoms with Crippen LogP contribution in [0.5, 0.6) is 0 Å². The Labute approximate surface area is 151 Å². The molecule has 3 atom stereocenters. The number of carbonyl (C=O) groups excluding carboxylic acids is 2. The Hall–Kier alpha value is -1.24. The maximum absolute atomic E-state index is 12.7. The zero-order valence-corrected chi connectivity index (χ0v) is 15.0. The molecule has 2 amide bonds. The summed E-state index contributed by atoms with van der Waals surface area (Å²) >= 11 is 7.48. The number of nitrogens with one attached hydrogen (secondary N) is 1. The highest BCUT2D eigenvalue weighted by Gasteiger charge is 2.37. The molecule has 0 spiro atoms. The van der Waals surface area contributed by atoms with Gasteiger partial charge in [-0.2, -0.15) is 0 Å². The van der Waals surface area contributed by atoms with Crippen molar-refractivity contribution in [1.82, 2.24) is 10.2 Å². The van der Waals surface area contributed by atoms with Gasteiger partial charge in [0, 0.05) is 22.4 Å². The van der Waals surface area contributed by atoms with Gasteiger partial charge in [-0.3, -0.25) is 9.59 Å². The third-order valence-corrected chi connectivity index (χ3v) is 6.09. The Morgan fingerprint density at radius 2 is 2.04 bits per heavy atom. The molecule has 130 valence electrons. The number of hydrogen-bond acceptors (Lipinski definition) is 4. The van der Waals surface area contributed by atoms with Crippen LogP contribution >= 0.6 is 23.4 Å². The van der Waals surface area contributed by atoms with Gasteiger partial charge in [0.1, 0.15) is 6.04 Å². The van der Waals surface area contributed by atoms with E-state index in [4.69, 9.17) is 17.3 Å². The van der Waals surface area contributed by atoms with Crippen LogP contribution in [0.25, 0.3) is 0 Å². The van der Waals surface area contributed by atoms with Crippen LogP contribution in [0.3, 0.4) is 0 Å². The molecule has 0 aromatic heterocycles. The maximum atomic E-state index is 12.7. The molecule has 3 N–H and O–H groups in total. The van der Waals surface area contributed by atoms with Crippen LogP contribution in [0.15, 0.2) is 24.3 Å². The van der Waals surface area contributed by atoms with Gasteiger partial charge in [0.05, 0.1) is 5.88 Å². The standard InChI is InChI=1S/C17H22ClN3O2S/c18-13-6-4-11(5-7-13)17(23)21-10-24-9-15(21)16(22)20-14-3-1-2-12(14)8-19/h4-7,12,14-15H,1-3,8-10,19H2,(H,20,22). The lowest BCUT2D eigenvalue weighted by Gasteiger charge is -2.26. The van der Waals surface area contributed by atoms with E-state index >= 15 is 0 Å². The summed E-state index contributed by atoms with van der Waals surface area (Å²) in [6.07, 6.45) is 3.13. The second-order valence-corrected chi connectivity index (χ2v) is 7.78. The first-order valence-corrected chi connectivity index (χ1v) is 9.78. The van der Waals surface area contributed by atoms with Gasteiger partial charge >= 0.3 is 0 Å². The van der Waals surface area contributed by atoms with Gasteiger partial charge in [-0.15, -0.1) is 11.8 Å². The maximum Gasteiger partial charge on any atom is 0.255 e. The lowest BCUT2D eigenvalue weighted by molar-refractivity contribution is -0.125. The molecule has 2 aliphatic rings. The van der Waals surface area contributed by atoms with Gasteiger partial charge in [0.2, 0.25) is 5.91 Å². The Morgan fingerprint density at radius 3 is 2.75 bits per heavy atom. The van der Waals surface area contributed by atoms with Crippen molar-refractivity contribution in [3.05, 3.63) is 34.9 Å². The molecule has 1 saturated carbocycles. The third-order valence-electron chi connectivity index (χ3n) is 4.83. The molecule has 3 rings (SSSR count). The molecular formula is C17H22ClN3O2S. The summed E-state index contributed by atoms with van der Waals surface area (Å²) in [7, 11) is 0. The van der Waals surface area contributed by atoms with E-state index in [1.807, 2.05) is 0 Å². The monoisotopic (exact) mass is 367 g/mol. The van der Waals surface area contributed by atoms with Crippen molar-refractivity contribution in [2.45, 2.75) is 31.3 Å². The smallest absolute Gasteiger partial charge is 0.255 e. The Morgan fingerprint density at radius 1 is 1.29 bits per heavy atom. The van der Waals surface area contributed by atoms with Crippen LogP contribution in [-0.2, 0) is 4.79 Å². The van der Waals surface area contributed by atoms with Gasteiger partial charge < -0.3 is 16.0 Å². The fraction of sp³-hybridized carbons (Fsp3) is 0.529. The molecule has 2 fully saturated rings. The van der Waals surface area contributed by atoms with Gasteiger partial charge in [-0.05, 0) is 49.6 Å². The summed E-state index contributed by atoms with van der Waals surface area (Å²) in [5.74, 6) is 1.32. The Kier molecular flexibility index (Phi) is 5.69. The van der Waals surface area contributed by atoms with Crippen LogP contribution in [0.4, 0.5) is 0 Å². The summed E-state index contributed by atoms with van der Waals surface area (Å²) in [4.78, 5) is 27.0. The first-order chi connectivity index (χ1) is 11.6. The third kappa shape index (κ3) is 3.71. The van der Waals surface area contributed by atoms with Crippen LogP contribution in [0.1, 0.15) is 29.6 Å². The largest absolute Gasteiger partial charge is 0.351 e. The number of benzene rings is 1. The number of nitrogens with two attached hydrogens (primary N) is 1. The molecule has 7 heteroatoms. The molecule has 0 bridgehead atoms. The van der Waals surface area contributed by atoms with Crippen LogP contribution < -0.4 is 11.1 Å². The van der Waals surface area contributed by atoms with Crippen molar-refractivity contribution in [3.8, 4) is 0 Å². The van der Waals surface area contributed by atoms with Gasteiger partial charge in [-0.25, -0.2) is 0 Å².